The average Bonchev–Trinajstić information content (AvgIpc) is 2.71. The highest BCUT2D eigenvalue weighted by atomic mass is 79.9. The van der Waals surface area contributed by atoms with Crippen molar-refractivity contribution in [1.29, 1.82) is 0 Å². The van der Waals surface area contributed by atoms with Crippen LogP contribution in [0.5, 0.6) is 0 Å². The first-order chi connectivity index (χ1) is 13.2. The molecule has 27 heavy (non-hydrogen) atoms. The van der Waals surface area contributed by atoms with Crippen molar-refractivity contribution in [2.45, 2.75) is 38.5 Å². The number of hydrogen-bond acceptors (Lipinski definition) is 1. The Kier molecular flexibility index (Phi) is 5.63. The van der Waals surface area contributed by atoms with E-state index in [1.54, 1.807) is 0 Å². The summed E-state index contributed by atoms with van der Waals surface area (Å²) in [6, 6.07) is 9.16. The highest BCUT2D eigenvalue weighted by molar-refractivity contribution is 9.11. The molecule has 2 atom stereocenters. The molecule has 3 aliphatic rings. The Morgan fingerprint density at radius 2 is 1.85 bits per heavy atom. The van der Waals surface area contributed by atoms with Crippen LogP contribution in [0, 0.1) is 5.92 Å². The van der Waals surface area contributed by atoms with Gasteiger partial charge in [0.1, 0.15) is 0 Å². The average molecular weight is 420 g/mol. The first-order valence-corrected chi connectivity index (χ1v) is 10.7. The normalized spacial score (nSPS) is 24.3. The lowest BCUT2D eigenvalue weighted by atomic mass is 9.84. The van der Waals surface area contributed by atoms with Gasteiger partial charge >= 0.3 is 0 Å². The van der Waals surface area contributed by atoms with E-state index in [1.165, 1.54) is 27.1 Å². The second-order valence-corrected chi connectivity index (χ2v) is 8.37. The molecule has 3 aliphatic carbocycles. The molecule has 1 aromatic rings. The van der Waals surface area contributed by atoms with E-state index in [-0.39, 0.29) is 0 Å². The maximum absolute atomic E-state index is 3.59. The summed E-state index contributed by atoms with van der Waals surface area (Å²) in [6.07, 6.45) is 24.8. The molecule has 0 aromatic heterocycles. The monoisotopic (exact) mass is 419 g/mol. The van der Waals surface area contributed by atoms with Crippen LogP contribution in [0.1, 0.15) is 44.1 Å². The quantitative estimate of drug-likeness (QED) is 0.487. The summed E-state index contributed by atoms with van der Waals surface area (Å²) in [6.45, 7) is 2.28. The van der Waals surface area contributed by atoms with Gasteiger partial charge in [-0.25, -0.2) is 0 Å². The second-order valence-electron chi connectivity index (χ2n) is 7.46. The van der Waals surface area contributed by atoms with Gasteiger partial charge < -0.3 is 4.90 Å². The van der Waals surface area contributed by atoms with E-state index in [9.17, 15) is 0 Å². The van der Waals surface area contributed by atoms with E-state index in [0.29, 0.717) is 11.8 Å². The van der Waals surface area contributed by atoms with Crippen LogP contribution in [0.3, 0.4) is 0 Å². The van der Waals surface area contributed by atoms with Crippen molar-refractivity contribution in [3.05, 3.63) is 100 Å². The van der Waals surface area contributed by atoms with E-state index < -0.39 is 0 Å². The van der Waals surface area contributed by atoms with E-state index in [2.05, 4.69) is 107 Å². The number of halogens is 1. The molecule has 0 saturated heterocycles. The largest absolute Gasteiger partial charge is 0.315 e. The van der Waals surface area contributed by atoms with Crippen LogP contribution in [0.4, 0.5) is 5.69 Å². The van der Waals surface area contributed by atoms with Crippen molar-refractivity contribution in [3.63, 3.8) is 0 Å². The Hall–Kier alpha value is -2.06. The first kappa shape index (κ1) is 18.3. The predicted octanol–water partition coefficient (Wildman–Crippen LogP) is 7.53. The molecule has 1 nitrogen and oxygen atoms in total. The summed E-state index contributed by atoms with van der Waals surface area (Å²) in [5.41, 5.74) is 5.31. The maximum Gasteiger partial charge on any atom is 0.0458 e. The summed E-state index contributed by atoms with van der Waals surface area (Å²) in [4.78, 5) is 2.43. The van der Waals surface area contributed by atoms with Crippen molar-refractivity contribution in [1.82, 2.24) is 0 Å². The Labute approximate surface area is 171 Å². The SMILES string of the molecule is CC1C=C(Br)C=CC1c1ccc(N(C2=CCCC=C2)C2=CC=CCC2)cc1. The van der Waals surface area contributed by atoms with Crippen molar-refractivity contribution in [3.8, 4) is 0 Å². The Morgan fingerprint density at radius 3 is 2.52 bits per heavy atom. The summed E-state index contributed by atoms with van der Waals surface area (Å²) in [5, 5.41) is 0. The third-order valence-electron chi connectivity index (χ3n) is 5.50. The number of benzene rings is 1. The van der Waals surface area contributed by atoms with Gasteiger partial charge in [-0.3, -0.25) is 0 Å². The molecular formula is C25H26BrN. The van der Waals surface area contributed by atoms with Crippen LogP contribution in [0.2, 0.25) is 0 Å². The van der Waals surface area contributed by atoms with Crippen molar-refractivity contribution >= 4 is 21.6 Å². The van der Waals surface area contributed by atoms with Gasteiger partial charge in [-0.2, -0.15) is 0 Å². The minimum atomic E-state index is 0.444. The minimum absolute atomic E-state index is 0.444. The lowest BCUT2D eigenvalue weighted by Gasteiger charge is -2.31. The topological polar surface area (TPSA) is 3.24 Å². The number of nitrogens with zero attached hydrogens (tertiary/aromatic N) is 1. The third kappa shape index (κ3) is 4.11. The van der Waals surface area contributed by atoms with Gasteiger partial charge in [0.25, 0.3) is 0 Å². The molecule has 0 spiro atoms. The molecule has 138 valence electrons. The smallest absolute Gasteiger partial charge is 0.0458 e. The van der Waals surface area contributed by atoms with Crippen LogP contribution in [-0.2, 0) is 0 Å². The summed E-state index contributed by atoms with van der Waals surface area (Å²) in [7, 11) is 0. The molecule has 0 N–H and O–H groups in total. The minimum Gasteiger partial charge on any atom is -0.315 e. The number of rotatable bonds is 4. The standard InChI is InChI=1S/C25H26BrN/c1-19-18-21(26)14-17-25(19)20-12-15-24(16-13-20)27(22-8-4-2-5-9-22)23-10-6-3-7-11-23/h2,4,6,8,10-19,25H,3,5,7,9H2,1H3. The molecule has 0 heterocycles. The first-order valence-electron chi connectivity index (χ1n) is 9.90. The highest BCUT2D eigenvalue weighted by Crippen LogP contribution is 2.36. The fourth-order valence-electron chi connectivity index (χ4n) is 4.06. The fraction of sp³-hybridized carbons (Fsp3) is 0.280. The Balaban J connectivity index is 1.64. The predicted molar refractivity (Wildman–Crippen MR) is 120 cm³/mol. The summed E-state index contributed by atoms with van der Waals surface area (Å²) in [5.74, 6) is 0.945. The fourth-order valence-corrected chi connectivity index (χ4v) is 4.63. The zero-order chi connectivity index (χ0) is 18.6. The molecule has 0 saturated carbocycles. The van der Waals surface area contributed by atoms with E-state index in [0.717, 1.165) is 25.7 Å². The number of hydrogen-bond donors (Lipinski definition) is 0. The van der Waals surface area contributed by atoms with Gasteiger partial charge in [0.15, 0.2) is 0 Å². The third-order valence-corrected chi connectivity index (χ3v) is 6.03. The Bertz CT molecular complexity index is 864. The van der Waals surface area contributed by atoms with Crippen LogP contribution >= 0.6 is 15.9 Å². The van der Waals surface area contributed by atoms with Crippen LogP contribution < -0.4 is 4.90 Å². The lowest BCUT2D eigenvalue weighted by molar-refractivity contribution is 0.634. The van der Waals surface area contributed by atoms with Gasteiger partial charge in [0, 0.05) is 27.5 Å². The van der Waals surface area contributed by atoms with E-state index >= 15 is 0 Å². The zero-order valence-corrected chi connectivity index (χ0v) is 17.4. The van der Waals surface area contributed by atoms with Crippen molar-refractivity contribution < 1.29 is 0 Å². The van der Waals surface area contributed by atoms with Gasteiger partial charge in [-0.1, -0.05) is 77.5 Å². The van der Waals surface area contributed by atoms with Gasteiger partial charge in [-0.15, -0.1) is 0 Å². The van der Waals surface area contributed by atoms with Crippen LogP contribution in [0.15, 0.2) is 94.8 Å². The van der Waals surface area contributed by atoms with Crippen molar-refractivity contribution in [2.24, 2.45) is 5.92 Å². The molecule has 2 unspecified atom stereocenters. The van der Waals surface area contributed by atoms with Gasteiger partial charge in [0.2, 0.25) is 0 Å². The zero-order valence-electron chi connectivity index (χ0n) is 15.8. The summed E-state index contributed by atoms with van der Waals surface area (Å²) < 4.78 is 1.18. The highest BCUT2D eigenvalue weighted by Gasteiger charge is 2.20. The van der Waals surface area contributed by atoms with E-state index in [1.807, 2.05) is 0 Å². The molecule has 4 rings (SSSR count). The number of anilines is 1. The molecule has 2 heteroatoms. The molecule has 0 radical (unpaired) electrons. The van der Waals surface area contributed by atoms with Gasteiger partial charge in [-0.05, 0) is 61.4 Å². The molecule has 0 fully saturated rings. The molecule has 1 aromatic carbocycles. The molecule has 0 bridgehead atoms. The molecule has 0 aliphatic heterocycles. The van der Waals surface area contributed by atoms with Gasteiger partial charge in [0.05, 0.1) is 0 Å². The van der Waals surface area contributed by atoms with Crippen LogP contribution in [0.25, 0.3) is 0 Å². The molecule has 0 amide bonds. The molecular weight excluding hydrogens is 394 g/mol. The second kappa shape index (κ2) is 8.31. The number of allylic oxidation sites excluding steroid dienone is 11. The van der Waals surface area contributed by atoms with Crippen molar-refractivity contribution in [2.75, 3.05) is 4.90 Å². The lowest BCUT2D eigenvalue weighted by Crippen LogP contribution is -2.22. The summed E-state index contributed by atoms with van der Waals surface area (Å²) >= 11 is 3.59. The van der Waals surface area contributed by atoms with Crippen LogP contribution in [-0.4, -0.2) is 0 Å². The Morgan fingerprint density at radius 1 is 1.00 bits per heavy atom. The maximum atomic E-state index is 3.59. The van der Waals surface area contributed by atoms with E-state index in [4.69, 9.17) is 0 Å².